The van der Waals surface area contributed by atoms with Gasteiger partial charge in [0.15, 0.2) is 0 Å². The molecule has 1 atom stereocenters. The number of anilines is 1. The lowest BCUT2D eigenvalue weighted by molar-refractivity contribution is -0.119. The molecule has 0 saturated carbocycles. The van der Waals surface area contributed by atoms with Crippen molar-refractivity contribution in [2.75, 3.05) is 11.9 Å². The standard InChI is InChI=1S/C14H22N2O.ClH/c1-10(2)9-13(15)14(17)16(4)12-7-5-11(3)6-8-12;/h5-8,10,13H,9,15H2,1-4H3;1H/t13-;/m0./s1. The van der Waals surface area contributed by atoms with Gasteiger partial charge in [-0.15, -0.1) is 12.4 Å². The molecule has 1 aromatic rings. The number of hydrogen-bond donors (Lipinski definition) is 1. The Balaban J connectivity index is 0.00000289. The molecule has 4 heteroatoms. The lowest BCUT2D eigenvalue weighted by Gasteiger charge is -2.22. The lowest BCUT2D eigenvalue weighted by Crippen LogP contribution is -2.42. The van der Waals surface area contributed by atoms with Crippen molar-refractivity contribution in [1.29, 1.82) is 0 Å². The Labute approximate surface area is 116 Å². The van der Waals surface area contributed by atoms with E-state index in [1.54, 1.807) is 11.9 Å². The summed E-state index contributed by atoms with van der Waals surface area (Å²) in [5.41, 5.74) is 7.97. The van der Waals surface area contributed by atoms with Gasteiger partial charge in [0, 0.05) is 12.7 Å². The number of rotatable bonds is 4. The largest absolute Gasteiger partial charge is 0.320 e. The van der Waals surface area contributed by atoms with Crippen LogP contribution in [0.25, 0.3) is 0 Å². The van der Waals surface area contributed by atoms with Crippen LogP contribution in [0, 0.1) is 12.8 Å². The molecule has 0 fully saturated rings. The molecule has 0 aliphatic carbocycles. The highest BCUT2D eigenvalue weighted by molar-refractivity contribution is 5.96. The normalized spacial score (nSPS) is 11.9. The van der Waals surface area contributed by atoms with Gasteiger partial charge in [-0.05, 0) is 31.4 Å². The predicted molar refractivity (Wildman–Crippen MR) is 79.3 cm³/mol. The summed E-state index contributed by atoms with van der Waals surface area (Å²) in [4.78, 5) is 13.7. The fraction of sp³-hybridized carbons (Fsp3) is 0.500. The number of nitrogens with two attached hydrogens (primary N) is 1. The molecule has 102 valence electrons. The Bertz CT molecular complexity index is 376. The summed E-state index contributed by atoms with van der Waals surface area (Å²) < 4.78 is 0. The molecule has 1 aromatic carbocycles. The molecular formula is C14H23ClN2O. The van der Waals surface area contributed by atoms with Gasteiger partial charge in [-0.25, -0.2) is 0 Å². The molecule has 0 radical (unpaired) electrons. The van der Waals surface area contributed by atoms with Crippen molar-refractivity contribution in [3.63, 3.8) is 0 Å². The summed E-state index contributed by atoms with van der Waals surface area (Å²) in [5.74, 6) is 0.405. The van der Waals surface area contributed by atoms with Gasteiger partial charge < -0.3 is 10.6 Å². The van der Waals surface area contributed by atoms with Crippen LogP contribution >= 0.6 is 12.4 Å². The van der Waals surface area contributed by atoms with E-state index >= 15 is 0 Å². The summed E-state index contributed by atoms with van der Waals surface area (Å²) in [7, 11) is 1.77. The maximum absolute atomic E-state index is 12.1. The third-order valence-electron chi connectivity index (χ3n) is 2.79. The number of aryl methyl sites for hydroxylation is 1. The number of halogens is 1. The molecule has 2 N–H and O–H groups in total. The topological polar surface area (TPSA) is 46.3 Å². The Morgan fingerprint density at radius 2 is 1.78 bits per heavy atom. The minimum atomic E-state index is -0.415. The number of likely N-dealkylation sites (N-methyl/N-ethyl adjacent to an activating group) is 1. The number of nitrogens with zero attached hydrogens (tertiary/aromatic N) is 1. The van der Waals surface area contributed by atoms with Crippen LogP contribution in [0.3, 0.4) is 0 Å². The first kappa shape index (κ1) is 16.9. The van der Waals surface area contributed by atoms with Crippen molar-refractivity contribution < 1.29 is 4.79 Å². The van der Waals surface area contributed by atoms with Crippen molar-refractivity contribution in [2.24, 2.45) is 11.7 Å². The quantitative estimate of drug-likeness (QED) is 0.914. The Hall–Kier alpha value is -1.06. The van der Waals surface area contributed by atoms with E-state index in [4.69, 9.17) is 5.73 Å². The van der Waals surface area contributed by atoms with E-state index in [0.29, 0.717) is 5.92 Å². The Morgan fingerprint density at radius 3 is 2.22 bits per heavy atom. The molecule has 0 saturated heterocycles. The molecule has 0 bridgehead atoms. The van der Waals surface area contributed by atoms with Crippen LogP contribution in [0.5, 0.6) is 0 Å². The van der Waals surface area contributed by atoms with E-state index < -0.39 is 6.04 Å². The van der Waals surface area contributed by atoms with Crippen LogP contribution in [0.1, 0.15) is 25.8 Å². The zero-order valence-corrected chi connectivity index (χ0v) is 12.3. The molecule has 18 heavy (non-hydrogen) atoms. The molecular weight excluding hydrogens is 248 g/mol. The van der Waals surface area contributed by atoms with E-state index in [2.05, 4.69) is 13.8 Å². The molecule has 1 amide bonds. The molecule has 3 nitrogen and oxygen atoms in total. The summed E-state index contributed by atoms with van der Waals surface area (Å²) in [5, 5.41) is 0. The van der Waals surface area contributed by atoms with Gasteiger partial charge in [0.05, 0.1) is 6.04 Å². The first-order valence-electron chi connectivity index (χ1n) is 6.01. The second-order valence-corrected chi connectivity index (χ2v) is 4.97. The van der Waals surface area contributed by atoms with Gasteiger partial charge in [-0.3, -0.25) is 4.79 Å². The average Bonchev–Trinajstić information content (AvgIpc) is 2.27. The van der Waals surface area contributed by atoms with Crippen LogP contribution in [-0.2, 0) is 4.79 Å². The smallest absolute Gasteiger partial charge is 0.243 e. The van der Waals surface area contributed by atoms with E-state index in [1.807, 2.05) is 31.2 Å². The van der Waals surface area contributed by atoms with Crippen molar-refractivity contribution in [3.05, 3.63) is 29.8 Å². The second kappa shape index (κ2) is 7.39. The van der Waals surface area contributed by atoms with Gasteiger partial charge in [0.2, 0.25) is 5.91 Å². The van der Waals surface area contributed by atoms with Gasteiger partial charge >= 0.3 is 0 Å². The summed E-state index contributed by atoms with van der Waals surface area (Å²) in [6, 6.07) is 7.45. The van der Waals surface area contributed by atoms with E-state index in [-0.39, 0.29) is 18.3 Å². The maximum Gasteiger partial charge on any atom is 0.243 e. The highest BCUT2D eigenvalue weighted by atomic mass is 35.5. The first-order valence-corrected chi connectivity index (χ1v) is 6.01. The van der Waals surface area contributed by atoms with Gasteiger partial charge in [0.25, 0.3) is 0 Å². The van der Waals surface area contributed by atoms with Crippen LogP contribution in [0.4, 0.5) is 5.69 Å². The Morgan fingerprint density at radius 1 is 1.28 bits per heavy atom. The monoisotopic (exact) mass is 270 g/mol. The molecule has 0 aromatic heterocycles. The molecule has 0 aliphatic rings. The molecule has 0 heterocycles. The van der Waals surface area contributed by atoms with Gasteiger partial charge in [-0.2, -0.15) is 0 Å². The third kappa shape index (κ3) is 4.67. The zero-order valence-electron chi connectivity index (χ0n) is 11.5. The highest BCUT2D eigenvalue weighted by Gasteiger charge is 2.19. The fourth-order valence-electron chi connectivity index (χ4n) is 1.75. The number of benzene rings is 1. The molecule has 0 unspecified atom stereocenters. The SMILES string of the molecule is Cc1ccc(N(C)C(=O)[C@@H](N)CC(C)C)cc1.Cl. The molecule has 0 spiro atoms. The number of carbonyl (C=O) groups excluding carboxylic acids is 1. The van der Waals surface area contributed by atoms with Crippen LogP contribution in [0.15, 0.2) is 24.3 Å². The minimum Gasteiger partial charge on any atom is -0.320 e. The first-order chi connectivity index (χ1) is 7.91. The molecule has 1 rings (SSSR count). The minimum absolute atomic E-state index is 0. The van der Waals surface area contributed by atoms with Crippen LogP contribution in [0.2, 0.25) is 0 Å². The second-order valence-electron chi connectivity index (χ2n) is 4.97. The van der Waals surface area contributed by atoms with E-state index in [0.717, 1.165) is 12.1 Å². The van der Waals surface area contributed by atoms with Gasteiger partial charge in [0.1, 0.15) is 0 Å². The zero-order chi connectivity index (χ0) is 13.0. The van der Waals surface area contributed by atoms with Crippen LogP contribution in [-0.4, -0.2) is 19.0 Å². The highest BCUT2D eigenvalue weighted by Crippen LogP contribution is 2.15. The van der Waals surface area contributed by atoms with Crippen molar-refractivity contribution in [1.82, 2.24) is 0 Å². The maximum atomic E-state index is 12.1. The fourth-order valence-corrected chi connectivity index (χ4v) is 1.75. The summed E-state index contributed by atoms with van der Waals surface area (Å²) >= 11 is 0. The summed E-state index contributed by atoms with van der Waals surface area (Å²) in [6.45, 7) is 6.16. The lowest BCUT2D eigenvalue weighted by atomic mass is 10.0. The number of hydrogen-bond acceptors (Lipinski definition) is 2. The predicted octanol–water partition coefficient (Wildman–Crippen LogP) is 2.75. The Kier molecular flexibility index (Phi) is 6.96. The van der Waals surface area contributed by atoms with E-state index in [1.165, 1.54) is 5.56 Å². The number of carbonyl (C=O) groups is 1. The van der Waals surface area contributed by atoms with E-state index in [9.17, 15) is 4.79 Å². The number of amides is 1. The third-order valence-corrected chi connectivity index (χ3v) is 2.79. The van der Waals surface area contributed by atoms with Crippen molar-refractivity contribution >= 4 is 24.0 Å². The van der Waals surface area contributed by atoms with Gasteiger partial charge in [-0.1, -0.05) is 31.5 Å². The molecule has 0 aliphatic heterocycles. The summed E-state index contributed by atoms with van der Waals surface area (Å²) in [6.07, 6.45) is 0.717. The van der Waals surface area contributed by atoms with Crippen molar-refractivity contribution in [2.45, 2.75) is 33.2 Å². The van der Waals surface area contributed by atoms with Crippen LogP contribution < -0.4 is 10.6 Å². The van der Waals surface area contributed by atoms with Crippen molar-refractivity contribution in [3.8, 4) is 0 Å². The average molecular weight is 271 g/mol.